The van der Waals surface area contributed by atoms with Gasteiger partial charge in [-0.2, -0.15) is 0 Å². The van der Waals surface area contributed by atoms with Crippen LogP contribution in [0.2, 0.25) is 0 Å². The van der Waals surface area contributed by atoms with Crippen LogP contribution < -0.4 is 5.32 Å². The molecule has 0 amide bonds. The molecule has 0 saturated carbocycles. The van der Waals surface area contributed by atoms with Crippen LogP contribution in [0.25, 0.3) is 0 Å². The SMILES string of the molecule is CNCC(Cc1ccccc1)Cc1ccc(Br)s1. The van der Waals surface area contributed by atoms with Gasteiger partial charge in [-0.05, 0) is 66.0 Å². The zero-order valence-electron chi connectivity index (χ0n) is 10.5. The van der Waals surface area contributed by atoms with Crippen molar-refractivity contribution in [2.24, 2.45) is 5.92 Å². The van der Waals surface area contributed by atoms with E-state index in [0.717, 1.165) is 19.4 Å². The molecule has 1 N–H and O–H groups in total. The summed E-state index contributed by atoms with van der Waals surface area (Å²) < 4.78 is 1.22. The fourth-order valence-electron chi connectivity index (χ4n) is 2.20. The topological polar surface area (TPSA) is 12.0 Å². The lowest BCUT2D eigenvalue weighted by molar-refractivity contribution is 0.496. The predicted molar refractivity (Wildman–Crippen MR) is 83.3 cm³/mol. The molecule has 96 valence electrons. The van der Waals surface area contributed by atoms with E-state index in [1.54, 1.807) is 0 Å². The van der Waals surface area contributed by atoms with E-state index in [1.165, 1.54) is 14.2 Å². The Labute approximate surface area is 121 Å². The third kappa shape index (κ3) is 4.23. The zero-order valence-corrected chi connectivity index (χ0v) is 12.9. The van der Waals surface area contributed by atoms with Crippen LogP contribution in [0.5, 0.6) is 0 Å². The molecule has 0 saturated heterocycles. The van der Waals surface area contributed by atoms with Crippen molar-refractivity contribution in [1.82, 2.24) is 5.32 Å². The summed E-state index contributed by atoms with van der Waals surface area (Å²) in [6.45, 7) is 1.06. The van der Waals surface area contributed by atoms with E-state index in [-0.39, 0.29) is 0 Å². The van der Waals surface area contributed by atoms with Gasteiger partial charge in [0.05, 0.1) is 3.79 Å². The van der Waals surface area contributed by atoms with Crippen LogP contribution in [0.4, 0.5) is 0 Å². The summed E-state index contributed by atoms with van der Waals surface area (Å²) in [5.74, 6) is 0.656. The Bertz CT molecular complexity index is 466. The smallest absolute Gasteiger partial charge is 0.0701 e. The highest BCUT2D eigenvalue weighted by molar-refractivity contribution is 9.11. The third-order valence-corrected chi connectivity index (χ3v) is 4.62. The van der Waals surface area contributed by atoms with Gasteiger partial charge in [-0.15, -0.1) is 11.3 Å². The molecule has 0 aliphatic rings. The molecule has 1 atom stereocenters. The van der Waals surface area contributed by atoms with Crippen molar-refractivity contribution < 1.29 is 0 Å². The van der Waals surface area contributed by atoms with E-state index in [2.05, 4.69) is 63.7 Å². The summed E-state index contributed by atoms with van der Waals surface area (Å²) in [5.41, 5.74) is 1.42. The van der Waals surface area contributed by atoms with Gasteiger partial charge in [0.1, 0.15) is 0 Å². The molecule has 1 nitrogen and oxygen atoms in total. The van der Waals surface area contributed by atoms with Gasteiger partial charge in [0.15, 0.2) is 0 Å². The van der Waals surface area contributed by atoms with Crippen LogP contribution in [0.3, 0.4) is 0 Å². The molecule has 18 heavy (non-hydrogen) atoms. The Morgan fingerprint density at radius 3 is 2.50 bits per heavy atom. The minimum Gasteiger partial charge on any atom is -0.319 e. The fraction of sp³-hybridized carbons (Fsp3) is 0.333. The van der Waals surface area contributed by atoms with Crippen molar-refractivity contribution in [3.05, 3.63) is 56.7 Å². The summed E-state index contributed by atoms with van der Waals surface area (Å²) in [5, 5.41) is 3.31. The lowest BCUT2D eigenvalue weighted by Gasteiger charge is -2.15. The normalized spacial score (nSPS) is 12.6. The van der Waals surface area contributed by atoms with Crippen molar-refractivity contribution in [3.8, 4) is 0 Å². The molecule has 0 bridgehead atoms. The maximum Gasteiger partial charge on any atom is 0.0701 e. The highest BCUT2D eigenvalue weighted by Gasteiger charge is 2.11. The molecule has 1 aromatic heterocycles. The summed E-state index contributed by atoms with van der Waals surface area (Å²) in [7, 11) is 2.03. The zero-order chi connectivity index (χ0) is 12.8. The largest absolute Gasteiger partial charge is 0.319 e. The van der Waals surface area contributed by atoms with E-state index in [1.807, 2.05) is 18.4 Å². The predicted octanol–water partition coefficient (Wildman–Crippen LogP) is 4.13. The Hall–Kier alpha value is -0.640. The molecule has 2 aromatic rings. The lowest BCUT2D eigenvalue weighted by Crippen LogP contribution is -2.22. The first kappa shape index (κ1) is 13.8. The van der Waals surface area contributed by atoms with Gasteiger partial charge in [0.25, 0.3) is 0 Å². The monoisotopic (exact) mass is 323 g/mol. The summed E-state index contributed by atoms with van der Waals surface area (Å²) >= 11 is 5.37. The van der Waals surface area contributed by atoms with Gasteiger partial charge < -0.3 is 5.32 Å². The number of halogens is 1. The average molecular weight is 324 g/mol. The van der Waals surface area contributed by atoms with E-state index in [9.17, 15) is 0 Å². The fourth-order valence-corrected chi connectivity index (χ4v) is 3.80. The maximum absolute atomic E-state index is 3.53. The van der Waals surface area contributed by atoms with Gasteiger partial charge in [-0.3, -0.25) is 0 Å². The minimum absolute atomic E-state index is 0.656. The Balaban J connectivity index is 1.99. The summed E-state index contributed by atoms with van der Waals surface area (Å²) in [4.78, 5) is 1.46. The average Bonchev–Trinajstić information content (AvgIpc) is 2.76. The molecule has 0 spiro atoms. The van der Waals surface area contributed by atoms with E-state index in [0.29, 0.717) is 5.92 Å². The first-order valence-corrected chi connectivity index (χ1v) is 7.81. The van der Waals surface area contributed by atoms with Gasteiger partial charge >= 0.3 is 0 Å². The van der Waals surface area contributed by atoms with Gasteiger partial charge in [0.2, 0.25) is 0 Å². The van der Waals surface area contributed by atoms with Crippen molar-refractivity contribution in [3.63, 3.8) is 0 Å². The Morgan fingerprint density at radius 2 is 1.89 bits per heavy atom. The Morgan fingerprint density at radius 1 is 1.11 bits per heavy atom. The second-order valence-corrected chi connectivity index (χ2v) is 7.07. The van der Waals surface area contributed by atoms with Crippen LogP contribution in [0.1, 0.15) is 10.4 Å². The lowest BCUT2D eigenvalue weighted by atomic mass is 9.95. The van der Waals surface area contributed by atoms with Crippen LogP contribution in [0, 0.1) is 5.92 Å². The number of hydrogen-bond donors (Lipinski definition) is 1. The van der Waals surface area contributed by atoms with Crippen molar-refractivity contribution in [2.45, 2.75) is 12.8 Å². The van der Waals surface area contributed by atoms with Crippen molar-refractivity contribution in [1.29, 1.82) is 0 Å². The van der Waals surface area contributed by atoms with Crippen LogP contribution in [0.15, 0.2) is 46.3 Å². The van der Waals surface area contributed by atoms with E-state index < -0.39 is 0 Å². The number of benzene rings is 1. The van der Waals surface area contributed by atoms with Crippen LogP contribution in [-0.4, -0.2) is 13.6 Å². The van der Waals surface area contributed by atoms with Gasteiger partial charge in [0, 0.05) is 4.88 Å². The van der Waals surface area contributed by atoms with Crippen LogP contribution in [-0.2, 0) is 12.8 Å². The number of thiophene rings is 1. The van der Waals surface area contributed by atoms with Crippen molar-refractivity contribution in [2.75, 3.05) is 13.6 Å². The first-order chi connectivity index (χ1) is 8.78. The number of nitrogens with one attached hydrogen (secondary N) is 1. The molecule has 2 rings (SSSR count). The molecule has 1 unspecified atom stereocenters. The molecule has 1 heterocycles. The summed E-state index contributed by atoms with van der Waals surface area (Å²) in [6, 6.07) is 15.1. The van der Waals surface area contributed by atoms with E-state index in [4.69, 9.17) is 0 Å². The highest BCUT2D eigenvalue weighted by Crippen LogP contribution is 2.25. The molecular formula is C15H18BrNS. The number of hydrogen-bond acceptors (Lipinski definition) is 2. The summed E-state index contributed by atoms with van der Waals surface area (Å²) in [6.07, 6.45) is 2.28. The molecule has 1 aromatic carbocycles. The van der Waals surface area contributed by atoms with Crippen molar-refractivity contribution >= 4 is 27.3 Å². The maximum atomic E-state index is 3.53. The standard InChI is InChI=1S/C15H18BrNS/c1-17-11-13(9-12-5-3-2-4-6-12)10-14-7-8-15(16)18-14/h2-8,13,17H,9-11H2,1H3. The van der Waals surface area contributed by atoms with E-state index >= 15 is 0 Å². The third-order valence-electron chi connectivity index (χ3n) is 2.98. The Kier molecular flexibility index (Phi) is 5.42. The molecule has 0 aliphatic heterocycles. The molecule has 3 heteroatoms. The first-order valence-electron chi connectivity index (χ1n) is 6.20. The molecular weight excluding hydrogens is 306 g/mol. The second kappa shape index (κ2) is 7.07. The molecule has 0 radical (unpaired) electrons. The van der Waals surface area contributed by atoms with Crippen LogP contribution >= 0.6 is 27.3 Å². The number of rotatable bonds is 6. The highest BCUT2D eigenvalue weighted by atomic mass is 79.9. The second-order valence-electron chi connectivity index (χ2n) is 4.52. The van der Waals surface area contributed by atoms with Gasteiger partial charge in [-0.25, -0.2) is 0 Å². The van der Waals surface area contributed by atoms with Gasteiger partial charge in [-0.1, -0.05) is 30.3 Å². The molecule has 0 aliphatic carbocycles. The minimum atomic E-state index is 0.656. The quantitative estimate of drug-likeness (QED) is 0.842. The molecule has 0 fully saturated rings.